The summed E-state index contributed by atoms with van der Waals surface area (Å²) in [6.07, 6.45) is 0. The Balaban J connectivity index is 1.75. The van der Waals surface area contributed by atoms with Gasteiger partial charge in [-0.1, -0.05) is 12.1 Å². The summed E-state index contributed by atoms with van der Waals surface area (Å²) in [5, 5.41) is 3.42. The van der Waals surface area contributed by atoms with Gasteiger partial charge >= 0.3 is 5.69 Å². The first kappa shape index (κ1) is 19.8. The highest BCUT2D eigenvalue weighted by molar-refractivity contribution is 5.76. The third kappa shape index (κ3) is 2.89. The first-order valence-electron chi connectivity index (χ1n) is 9.96. The summed E-state index contributed by atoms with van der Waals surface area (Å²) < 4.78 is 12.1. The number of ether oxygens (including phenoxy) is 1. The van der Waals surface area contributed by atoms with Crippen LogP contribution in [0.1, 0.15) is 18.3 Å². The van der Waals surface area contributed by atoms with Crippen LogP contribution in [0.15, 0.2) is 33.9 Å². The summed E-state index contributed by atoms with van der Waals surface area (Å²) in [5.41, 5.74) is 2.97. The Kier molecular flexibility index (Phi) is 4.89. The molecule has 0 fully saturated rings. The van der Waals surface area contributed by atoms with Crippen LogP contribution in [0.4, 0.5) is 5.69 Å². The maximum atomic E-state index is 12.8. The lowest BCUT2D eigenvalue weighted by atomic mass is 10.3. The minimum atomic E-state index is -0.386. The van der Waals surface area contributed by atoms with Crippen molar-refractivity contribution in [2.45, 2.75) is 27.3 Å². The van der Waals surface area contributed by atoms with Crippen molar-refractivity contribution in [3.05, 3.63) is 56.5 Å². The van der Waals surface area contributed by atoms with E-state index < -0.39 is 0 Å². The predicted octanol–water partition coefficient (Wildman–Crippen LogP) is 1.81. The SMILES string of the molecule is CCOc1ccccc1NCCn1c(C)c(C)n2c3c(=O)n(C)c(=O)n(C)c3nc12. The summed E-state index contributed by atoms with van der Waals surface area (Å²) in [5.74, 6) is 1.47. The van der Waals surface area contributed by atoms with Crippen molar-refractivity contribution in [1.29, 1.82) is 0 Å². The van der Waals surface area contributed by atoms with E-state index >= 15 is 0 Å². The number of aryl methyl sites for hydroxylation is 2. The standard InChI is InChI=1S/C21H26N6O3/c1-6-30-16-10-8-7-9-15(16)22-11-12-26-13(2)14(3)27-17-18(23-20(26)27)24(4)21(29)25(5)19(17)28/h7-10,22H,6,11-12H2,1-5H3. The van der Waals surface area contributed by atoms with Gasteiger partial charge in [0.15, 0.2) is 11.2 Å². The minimum absolute atomic E-state index is 0.343. The van der Waals surface area contributed by atoms with Gasteiger partial charge in [0.05, 0.1) is 12.3 Å². The number of imidazole rings is 2. The van der Waals surface area contributed by atoms with Crippen LogP contribution in [0.25, 0.3) is 16.9 Å². The fourth-order valence-electron chi connectivity index (χ4n) is 3.85. The monoisotopic (exact) mass is 410 g/mol. The van der Waals surface area contributed by atoms with Crippen molar-refractivity contribution in [3.63, 3.8) is 0 Å². The highest BCUT2D eigenvalue weighted by Gasteiger charge is 2.21. The van der Waals surface area contributed by atoms with E-state index in [9.17, 15) is 9.59 Å². The minimum Gasteiger partial charge on any atom is -0.492 e. The van der Waals surface area contributed by atoms with Crippen LogP contribution in [-0.4, -0.2) is 36.2 Å². The van der Waals surface area contributed by atoms with Crippen molar-refractivity contribution in [2.75, 3.05) is 18.5 Å². The van der Waals surface area contributed by atoms with Gasteiger partial charge < -0.3 is 14.6 Å². The Labute approximate surface area is 173 Å². The second-order valence-electron chi connectivity index (χ2n) is 7.30. The number of aromatic nitrogens is 5. The molecule has 158 valence electrons. The molecule has 0 bridgehead atoms. The average Bonchev–Trinajstić information content (AvgIpc) is 3.23. The molecular formula is C21H26N6O3. The Morgan fingerprint density at radius 2 is 1.80 bits per heavy atom. The smallest absolute Gasteiger partial charge is 0.332 e. The zero-order valence-electron chi connectivity index (χ0n) is 17.9. The van der Waals surface area contributed by atoms with Gasteiger partial charge in [0.2, 0.25) is 5.78 Å². The number of fused-ring (bicyclic) bond motifs is 3. The van der Waals surface area contributed by atoms with Crippen LogP contribution in [-0.2, 0) is 20.6 Å². The molecule has 9 nitrogen and oxygen atoms in total. The molecule has 0 aliphatic rings. The molecular weight excluding hydrogens is 384 g/mol. The van der Waals surface area contributed by atoms with Gasteiger partial charge in [-0.2, -0.15) is 4.98 Å². The molecule has 9 heteroatoms. The maximum Gasteiger partial charge on any atom is 0.332 e. The molecule has 0 aliphatic heterocycles. The molecule has 0 saturated carbocycles. The molecule has 0 unspecified atom stereocenters. The van der Waals surface area contributed by atoms with Gasteiger partial charge in [-0.15, -0.1) is 0 Å². The quantitative estimate of drug-likeness (QED) is 0.524. The van der Waals surface area contributed by atoms with Crippen molar-refractivity contribution < 1.29 is 4.74 Å². The zero-order valence-corrected chi connectivity index (χ0v) is 17.9. The van der Waals surface area contributed by atoms with Gasteiger partial charge in [-0.05, 0) is 32.9 Å². The van der Waals surface area contributed by atoms with Crippen LogP contribution in [0.5, 0.6) is 5.75 Å². The first-order valence-corrected chi connectivity index (χ1v) is 9.96. The van der Waals surface area contributed by atoms with Crippen molar-refractivity contribution >= 4 is 22.6 Å². The van der Waals surface area contributed by atoms with Gasteiger partial charge in [-0.25, -0.2) is 4.79 Å². The van der Waals surface area contributed by atoms with E-state index in [-0.39, 0.29) is 11.2 Å². The Morgan fingerprint density at radius 1 is 1.07 bits per heavy atom. The molecule has 0 spiro atoms. The lowest BCUT2D eigenvalue weighted by molar-refractivity contribution is 0.341. The van der Waals surface area contributed by atoms with Crippen LogP contribution in [0, 0.1) is 13.8 Å². The zero-order chi connectivity index (χ0) is 21.6. The summed E-state index contributed by atoms with van der Waals surface area (Å²) >= 11 is 0. The number of benzene rings is 1. The topological polar surface area (TPSA) is 87.5 Å². The molecule has 4 aromatic rings. The number of anilines is 1. The molecule has 3 aromatic heterocycles. The lowest BCUT2D eigenvalue weighted by Gasteiger charge is -2.13. The van der Waals surface area contributed by atoms with E-state index in [4.69, 9.17) is 4.74 Å². The van der Waals surface area contributed by atoms with Gasteiger partial charge in [0.1, 0.15) is 5.75 Å². The average molecular weight is 410 g/mol. The van der Waals surface area contributed by atoms with Gasteiger partial charge in [0, 0.05) is 38.6 Å². The second kappa shape index (κ2) is 7.40. The van der Waals surface area contributed by atoms with Crippen molar-refractivity contribution in [3.8, 4) is 5.75 Å². The summed E-state index contributed by atoms with van der Waals surface area (Å²) in [6, 6.07) is 7.83. The van der Waals surface area contributed by atoms with Crippen molar-refractivity contribution in [2.24, 2.45) is 14.1 Å². The molecule has 0 aliphatic carbocycles. The number of nitrogens with one attached hydrogen (secondary N) is 1. The maximum absolute atomic E-state index is 12.8. The molecule has 0 saturated heterocycles. The summed E-state index contributed by atoms with van der Waals surface area (Å²) in [7, 11) is 3.12. The van der Waals surface area contributed by atoms with Crippen LogP contribution >= 0.6 is 0 Å². The molecule has 0 amide bonds. The van der Waals surface area contributed by atoms with E-state index in [1.54, 1.807) is 7.05 Å². The molecule has 1 N–H and O–H groups in total. The van der Waals surface area contributed by atoms with Crippen LogP contribution in [0.2, 0.25) is 0 Å². The molecule has 1 aromatic carbocycles. The van der Waals surface area contributed by atoms with E-state index in [1.807, 2.05) is 49.4 Å². The van der Waals surface area contributed by atoms with E-state index in [1.165, 1.54) is 11.6 Å². The van der Waals surface area contributed by atoms with Gasteiger partial charge in [0.25, 0.3) is 5.56 Å². The highest BCUT2D eigenvalue weighted by atomic mass is 16.5. The van der Waals surface area contributed by atoms with Crippen LogP contribution in [0.3, 0.4) is 0 Å². The second-order valence-corrected chi connectivity index (χ2v) is 7.30. The molecule has 3 heterocycles. The van der Waals surface area contributed by atoms with Crippen LogP contribution < -0.4 is 21.3 Å². The number of rotatable bonds is 6. The summed E-state index contributed by atoms with van der Waals surface area (Å²) in [4.78, 5) is 29.8. The fourth-order valence-corrected chi connectivity index (χ4v) is 3.85. The van der Waals surface area contributed by atoms with E-state index in [2.05, 4.69) is 14.9 Å². The Hall–Kier alpha value is -3.49. The molecule has 0 atom stereocenters. The Bertz CT molecular complexity index is 1370. The van der Waals surface area contributed by atoms with E-state index in [0.717, 1.165) is 27.4 Å². The third-order valence-electron chi connectivity index (χ3n) is 5.58. The lowest BCUT2D eigenvalue weighted by Crippen LogP contribution is -2.37. The number of hydrogen-bond acceptors (Lipinski definition) is 5. The highest BCUT2D eigenvalue weighted by Crippen LogP contribution is 2.24. The first-order chi connectivity index (χ1) is 14.4. The third-order valence-corrected chi connectivity index (χ3v) is 5.58. The predicted molar refractivity (Wildman–Crippen MR) is 117 cm³/mol. The summed E-state index contributed by atoms with van der Waals surface area (Å²) in [6.45, 7) is 7.82. The largest absolute Gasteiger partial charge is 0.492 e. The number of nitrogens with zero attached hydrogens (tertiary/aromatic N) is 5. The normalized spacial score (nSPS) is 11.5. The van der Waals surface area contributed by atoms with E-state index in [0.29, 0.717) is 36.6 Å². The number of hydrogen-bond donors (Lipinski definition) is 1. The molecule has 0 radical (unpaired) electrons. The molecule has 4 rings (SSSR count). The Morgan fingerprint density at radius 3 is 2.53 bits per heavy atom. The molecule has 30 heavy (non-hydrogen) atoms. The number of para-hydroxylation sites is 2. The van der Waals surface area contributed by atoms with Crippen molar-refractivity contribution in [1.82, 2.24) is 23.1 Å². The van der Waals surface area contributed by atoms with Gasteiger partial charge in [-0.3, -0.25) is 18.3 Å². The fraction of sp³-hybridized carbons (Fsp3) is 0.381.